The summed E-state index contributed by atoms with van der Waals surface area (Å²) in [7, 11) is 1.60. The number of methoxy groups -OCH3 is 1. The smallest absolute Gasteiger partial charge is 0.271 e. The second-order valence-corrected chi connectivity index (χ2v) is 11.3. The third kappa shape index (κ3) is 5.50. The molecule has 1 fully saturated rings. The van der Waals surface area contributed by atoms with E-state index in [-0.39, 0.29) is 11.5 Å². The molecule has 1 saturated heterocycles. The van der Waals surface area contributed by atoms with Crippen LogP contribution in [0.25, 0.3) is 6.08 Å². The maximum Gasteiger partial charge on any atom is 0.271 e. The molecule has 41 heavy (non-hydrogen) atoms. The summed E-state index contributed by atoms with van der Waals surface area (Å²) in [6.45, 7) is 3.77. The molecule has 9 heteroatoms. The first kappa shape index (κ1) is 26.8. The Kier molecular flexibility index (Phi) is 7.61. The number of benzene rings is 2. The highest BCUT2D eigenvalue weighted by molar-refractivity contribution is 7.07. The van der Waals surface area contributed by atoms with E-state index in [0.717, 1.165) is 37.4 Å². The number of carbonyl (C=O) groups is 1. The van der Waals surface area contributed by atoms with Crippen molar-refractivity contribution in [1.29, 1.82) is 0 Å². The number of furan rings is 1. The van der Waals surface area contributed by atoms with Crippen molar-refractivity contribution in [3.8, 4) is 5.75 Å². The van der Waals surface area contributed by atoms with Crippen LogP contribution in [-0.4, -0.2) is 30.7 Å². The summed E-state index contributed by atoms with van der Waals surface area (Å²) in [4.78, 5) is 35.2. The third-order valence-electron chi connectivity index (χ3n) is 7.53. The summed E-state index contributed by atoms with van der Waals surface area (Å²) in [5.41, 5.74) is 2.21. The van der Waals surface area contributed by atoms with Crippen molar-refractivity contribution in [2.75, 3.05) is 30.4 Å². The zero-order valence-corrected chi connectivity index (χ0v) is 23.9. The standard InChI is InChI=1S/C32H32N4O4S/c1-21-28(30(37)34-23-10-6-5-7-11-23)29(22-12-14-24(39-2)15-13-22)36-31(38)26(41-32(36)33-21)20-25-16-17-27(40-25)35-18-8-3-4-9-19-35/h5-7,10-17,20,29H,3-4,8-9,18-19H2,1-2H3,(H,34,37)/b26-20+/t29-/m1/s1. The molecule has 2 aromatic heterocycles. The van der Waals surface area contributed by atoms with Crippen LogP contribution in [-0.2, 0) is 4.79 Å². The van der Waals surface area contributed by atoms with Gasteiger partial charge in [-0.05, 0) is 55.7 Å². The van der Waals surface area contributed by atoms with Crippen LogP contribution >= 0.6 is 11.3 Å². The summed E-state index contributed by atoms with van der Waals surface area (Å²) in [6.07, 6.45) is 6.56. The second-order valence-electron chi connectivity index (χ2n) is 10.3. The number of fused-ring (bicyclic) bond motifs is 1. The molecule has 0 aliphatic carbocycles. The lowest BCUT2D eigenvalue weighted by Gasteiger charge is -2.25. The molecule has 4 heterocycles. The first-order chi connectivity index (χ1) is 20.0. The average molecular weight is 569 g/mol. The number of nitrogens with zero attached hydrogens (tertiary/aromatic N) is 3. The molecule has 0 unspecified atom stereocenters. The fourth-order valence-corrected chi connectivity index (χ4v) is 6.47. The molecule has 1 N–H and O–H groups in total. The summed E-state index contributed by atoms with van der Waals surface area (Å²) in [5.74, 6) is 1.84. The number of amides is 1. The number of para-hydroxylation sites is 1. The summed E-state index contributed by atoms with van der Waals surface area (Å²) >= 11 is 1.30. The van der Waals surface area contributed by atoms with Gasteiger partial charge < -0.3 is 19.4 Å². The highest BCUT2D eigenvalue weighted by atomic mass is 32.1. The number of anilines is 2. The predicted molar refractivity (Wildman–Crippen MR) is 161 cm³/mol. The van der Waals surface area contributed by atoms with E-state index in [1.807, 2.05) is 73.7 Å². The molecule has 4 aromatic rings. The first-order valence-electron chi connectivity index (χ1n) is 13.9. The van der Waals surface area contributed by atoms with E-state index in [9.17, 15) is 9.59 Å². The molecule has 0 saturated carbocycles. The average Bonchev–Trinajstić information content (AvgIpc) is 3.45. The number of hydrogen-bond acceptors (Lipinski definition) is 7. The van der Waals surface area contributed by atoms with Crippen molar-refractivity contribution in [2.24, 2.45) is 4.99 Å². The SMILES string of the molecule is COc1ccc([C@@H]2C(C(=O)Nc3ccccc3)=C(C)N=c3s/c(=C/c4ccc(N5CCCCCC5)o4)c(=O)n32)cc1. The number of thiazole rings is 1. The molecular weight excluding hydrogens is 536 g/mol. The van der Waals surface area contributed by atoms with Gasteiger partial charge in [0.2, 0.25) is 0 Å². The number of allylic oxidation sites excluding steroid dienone is 1. The molecule has 6 rings (SSSR count). The zero-order valence-electron chi connectivity index (χ0n) is 23.1. The molecule has 2 aromatic carbocycles. The molecule has 2 aliphatic rings. The molecule has 1 atom stereocenters. The number of rotatable bonds is 6. The minimum absolute atomic E-state index is 0.222. The Labute approximate surface area is 241 Å². The van der Waals surface area contributed by atoms with E-state index in [1.165, 1.54) is 24.2 Å². The highest BCUT2D eigenvalue weighted by Gasteiger charge is 2.32. The van der Waals surface area contributed by atoms with Crippen molar-refractivity contribution in [3.63, 3.8) is 0 Å². The van der Waals surface area contributed by atoms with Crippen LogP contribution in [0.2, 0.25) is 0 Å². The Bertz CT molecular complexity index is 1760. The number of ether oxygens (including phenoxy) is 1. The number of nitrogens with one attached hydrogen (secondary N) is 1. The largest absolute Gasteiger partial charge is 0.497 e. The molecule has 8 nitrogen and oxygen atoms in total. The first-order valence-corrected chi connectivity index (χ1v) is 14.7. The quantitative estimate of drug-likeness (QED) is 0.359. The van der Waals surface area contributed by atoms with Crippen LogP contribution in [0, 0.1) is 0 Å². The molecular formula is C32H32N4O4S. The molecule has 210 valence electrons. The van der Waals surface area contributed by atoms with Crippen LogP contribution in [0.4, 0.5) is 11.6 Å². The van der Waals surface area contributed by atoms with Crippen molar-refractivity contribution in [1.82, 2.24) is 4.57 Å². The topological polar surface area (TPSA) is 89.1 Å². The van der Waals surface area contributed by atoms with Crippen LogP contribution < -0.4 is 29.8 Å². The summed E-state index contributed by atoms with van der Waals surface area (Å²) < 4.78 is 13.6. The van der Waals surface area contributed by atoms with Crippen LogP contribution in [0.3, 0.4) is 0 Å². The van der Waals surface area contributed by atoms with E-state index >= 15 is 0 Å². The number of carbonyl (C=O) groups excluding carboxylic acids is 1. The second kappa shape index (κ2) is 11.6. The Hall–Kier alpha value is -4.37. The van der Waals surface area contributed by atoms with E-state index in [4.69, 9.17) is 14.1 Å². The zero-order chi connectivity index (χ0) is 28.3. The van der Waals surface area contributed by atoms with Crippen molar-refractivity contribution < 1.29 is 13.9 Å². The lowest BCUT2D eigenvalue weighted by Crippen LogP contribution is -2.40. The van der Waals surface area contributed by atoms with Crippen LogP contribution in [0.1, 0.15) is 50.0 Å². The molecule has 0 spiro atoms. The van der Waals surface area contributed by atoms with Gasteiger partial charge in [0.25, 0.3) is 11.5 Å². The Morgan fingerprint density at radius 1 is 1.02 bits per heavy atom. The normalized spacial score (nSPS) is 17.6. The van der Waals surface area contributed by atoms with Gasteiger partial charge in [0.05, 0.1) is 29.0 Å². The molecule has 0 bridgehead atoms. The van der Waals surface area contributed by atoms with Crippen molar-refractivity contribution in [3.05, 3.63) is 109 Å². The Morgan fingerprint density at radius 2 is 1.76 bits per heavy atom. The number of hydrogen-bond donors (Lipinski definition) is 1. The minimum Gasteiger partial charge on any atom is -0.497 e. The van der Waals surface area contributed by atoms with Gasteiger partial charge in [-0.15, -0.1) is 0 Å². The van der Waals surface area contributed by atoms with Gasteiger partial charge in [-0.3, -0.25) is 14.2 Å². The van der Waals surface area contributed by atoms with Crippen LogP contribution in [0.5, 0.6) is 5.75 Å². The Morgan fingerprint density at radius 3 is 2.46 bits per heavy atom. The summed E-state index contributed by atoms with van der Waals surface area (Å²) in [6, 6.07) is 19.9. The third-order valence-corrected chi connectivity index (χ3v) is 8.52. The van der Waals surface area contributed by atoms with Gasteiger partial charge in [0.1, 0.15) is 11.5 Å². The van der Waals surface area contributed by atoms with Gasteiger partial charge >= 0.3 is 0 Å². The number of aromatic nitrogens is 1. The maximum absolute atomic E-state index is 14.0. The maximum atomic E-state index is 14.0. The molecule has 1 amide bonds. The monoisotopic (exact) mass is 568 g/mol. The van der Waals surface area contributed by atoms with E-state index in [2.05, 4.69) is 10.2 Å². The molecule has 0 radical (unpaired) electrons. The lowest BCUT2D eigenvalue weighted by molar-refractivity contribution is -0.113. The van der Waals surface area contributed by atoms with Crippen LogP contribution in [0.15, 0.2) is 92.2 Å². The fourth-order valence-electron chi connectivity index (χ4n) is 5.44. The summed E-state index contributed by atoms with van der Waals surface area (Å²) in [5, 5.41) is 2.98. The lowest BCUT2D eigenvalue weighted by atomic mass is 9.95. The molecule has 2 aliphatic heterocycles. The Balaban J connectivity index is 1.42. The fraction of sp³-hybridized carbons (Fsp3) is 0.281. The van der Waals surface area contributed by atoms with Crippen molar-refractivity contribution >= 4 is 34.9 Å². The van der Waals surface area contributed by atoms with Gasteiger partial charge in [-0.25, -0.2) is 4.99 Å². The highest BCUT2D eigenvalue weighted by Crippen LogP contribution is 2.32. The van der Waals surface area contributed by atoms with Gasteiger partial charge in [0, 0.05) is 30.9 Å². The van der Waals surface area contributed by atoms with E-state index < -0.39 is 6.04 Å². The predicted octanol–water partition coefficient (Wildman–Crippen LogP) is 4.86. The minimum atomic E-state index is -0.660. The van der Waals surface area contributed by atoms with Gasteiger partial charge in [-0.2, -0.15) is 0 Å². The van der Waals surface area contributed by atoms with Gasteiger partial charge in [0.15, 0.2) is 10.7 Å². The van der Waals surface area contributed by atoms with E-state index in [1.54, 1.807) is 17.8 Å². The van der Waals surface area contributed by atoms with Gasteiger partial charge in [-0.1, -0.05) is 54.5 Å². The van der Waals surface area contributed by atoms with Crippen molar-refractivity contribution in [2.45, 2.75) is 38.6 Å². The van der Waals surface area contributed by atoms with E-state index in [0.29, 0.717) is 37.8 Å².